The number of likely N-dealkylation sites (tertiary alicyclic amines) is 1. The zero-order valence-electron chi connectivity index (χ0n) is 17.6. The van der Waals surface area contributed by atoms with Crippen LogP contribution < -0.4 is 0 Å². The van der Waals surface area contributed by atoms with Crippen LogP contribution in [-0.4, -0.2) is 70.6 Å². The highest BCUT2D eigenvalue weighted by atomic mass is 16.3. The first-order valence-electron chi connectivity index (χ1n) is 10.5. The van der Waals surface area contributed by atoms with Crippen molar-refractivity contribution in [3.63, 3.8) is 0 Å². The van der Waals surface area contributed by atoms with Crippen LogP contribution in [0.3, 0.4) is 0 Å². The fraction of sp³-hybridized carbons (Fsp3) is 0.524. The van der Waals surface area contributed by atoms with Crippen molar-refractivity contribution in [3.05, 3.63) is 41.6 Å². The largest absolute Gasteiger partial charge is 0.392 e. The molecule has 30 heavy (non-hydrogen) atoms. The maximum Gasteiger partial charge on any atom is 0.275 e. The highest BCUT2D eigenvalue weighted by Crippen LogP contribution is 2.34. The van der Waals surface area contributed by atoms with Crippen LogP contribution in [0.4, 0.5) is 0 Å². The number of hydrogen-bond acceptors (Lipinski definition) is 6. The van der Waals surface area contributed by atoms with Gasteiger partial charge in [-0.05, 0) is 26.3 Å². The lowest BCUT2D eigenvalue weighted by molar-refractivity contribution is 0.0699. The molecule has 9 nitrogen and oxygen atoms in total. The maximum absolute atomic E-state index is 13.2. The number of aliphatic hydroxyl groups excluding tert-OH is 1. The van der Waals surface area contributed by atoms with Gasteiger partial charge in [0.2, 0.25) is 0 Å². The number of amides is 1. The first-order valence-corrected chi connectivity index (χ1v) is 10.5. The van der Waals surface area contributed by atoms with E-state index in [4.69, 9.17) is 0 Å². The van der Waals surface area contributed by atoms with Gasteiger partial charge >= 0.3 is 0 Å². The second-order valence-electron chi connectivity index (χ2n) is 8.54. The number of aryl methyl sites for hydroxylation is 1. The predicted molar refractivity (Wildman–Crippen MR) is 111 cm³/mol. The number of aliphatic hydroxyl groups is 1. The van der Waals surface area contributed by atoms with E-state index in [9.17, 15) is 9.90 Å². The van der Waals surface area contributed by atoms with Gasteiger partial charge in [0.25, 0.3) is 5.91 Å². The molecule has 0 saturated carbocycles. The van der Waals surface area contributed by atoms with Crippen LogP contribution in [-0.2, 0) is 20.1 Å². The number of rotatable bonds is 3. The van der Waals surface area contributed by atoms with Crippen molar-refractivity contribution in [1.29, 1.82) is 0 Å². The third kappa shape index (κ3) is 3.00. The number of benzene rings is 1. The van der Waals surface area contributed by atoms with E-state index in [-0.39, 0.29) is 18.1 Å². The predicted octanol–water partition coefficient (Wildman–Crippen LogP) is 1.34. The molecule has 0 radical (unpaired) electrons. The van der Waals surface area contributed by atoms with Crippen molar-refractivity contribution in [1.82, 2.24) is 34.3 Å². The molecule has 0 aliphatic carbocycles. The summed E-state index contributed by atoms with van der Waals surface area (Å²) >= 11 is 0. The fourth-order valence-corrected chi connectivity index (χ4v) is 4.78. The van der Waals surface area contributed by atoms with E-state index in [1.54, 1.807) is 9.58 Å². The van der Waals surface area contributed by atoms with Gasteiger partial charge in [0, 0.05) is 38.1 Å². The van der Waals surface area contributed by atoms with E-state index in [2.05, 4.69) is 38.6 Å². The lowest BCUT2D eigenvalue weighted by atomic mass is 10.1. The minimum absolute atomic E-state index is 0.0586. The molecule has 0 spiro atoms. The topological polar surface area (TPSA) is 92.3 Å². The lowest BCUT2D eigenvalue weighted by Crippen LogP contribution is -2.40. The zero-order chi connectivity index (χ0) is 21.0. The molecular formula is C21H27N7O2. The Bertz CT molecular complexity index is 1100. The smallest absolute Gasteiger partial charge is 0.275 e. The third-order valence-electron chi connectivity index (χ3n) is 6.31. The van der Waals surface area contributed by atoms with Gasteiger partial charge in [-0.3, -0.25) is 14.4 Å². The van der Waals surface area contributed by atoms with Gasteiger partial charge in [-0.15, -0.1) is 10.2 Å². The molecule has 3 aromatic rings. The van der Waals surface area contributed by atoms with Gasteiger partial charge in [-0.2, -0.15) is 5.10 Å². The van der Waals surface area contributed by atoms with E-state index in [1.165, 1.54) is 0 Å². The van der Waals surface area contributed by atoms with Gasteiger partial charge in [0.1, 0.15) is 0 Å². The summed E-state index contributed by atoms with van der Waals surface area (Å²) in [5.41, 5.74) is 1.42. The van der Waals surface area contributed by atoms with Gasteiger partial charge < -0.3 is 14.6 Å². The minimum Gasteiger partial charge on any atom is -0.392 e. The van der Waals surface area contributed by atoms with Gasteiger partial charge in [-0.25, -0.2) is 0 Å². The maximum atomic E-state index is 13.2. The molecule has 2 aromatic heterocycles. The molecule has 0 unspecified atom stereocenters. The van der Waals surface area contributed by atoms with E-state index in [0.29, 0.717) is 44.3 Å². The summed E-state index contributed by atoms with van der Waals surface area (Å²) in [6.07, 6.45) is 0.322. The molecule has 0 bridgehead atoms. The van der Waals surface area contributed by atoms with E-state index in [0.717, 1.165) is 22.6 Å². The Morgan fingerprint density at radius 3 is 2.80 bits per heavy atom. The second kappa shape index (κ2) is 7.17. The second-order valence-corrected chi connectivity index (χ2v) is 8.54. The number of para-hydroxylation sites is 1. The molecule has 9 heteroatoms. The van der Waals surface area contributed by atoms with Crippen molar-refractivity contribution >= 4 is 16.8 Å². The molecule has 2 aliphatic heterocycles. The quantitative estimate of drug-likeness (QED) is 0.702. The Labute approximate surface area is 174 Å². The molecular weight excluding hydrogens is 382 g/mol. The molecule has 1 aromatic carbocycles. The van der Waals surface area contributed by atoms with Crippen molar-refractivity contribution in [2.75, 3.05) is 13.1 Å². The summed E-state index contributed by atoms with van der Waals surface area (Å²) in [4.78, 5) is 17.3. The van der Waals surface area contributed by atoms with Crippen molar-refractivity contribution < 1.29 is 9.90 Å². The summed E-state index contributed by atoms with van der Waals surface area (Å²) in [7, 11) is 1.86. The molecule has 4 heterocycles. The summed E-state index contributed by atoms with van der Waals surface area (Å²) in [6.45, 7) is 6.56. The standard InChI is InChI=1S/C21H27N7O2/c1-13(2)28-11-14(29)10-17(28)20-23-22-18-12-26(8-9-27(18)20)21(30)19-15-6-4-5-7-16(15)25(3)24-19/h4-7,13-14,17,29H,8-12H2,1-3H3/t14-,17+/m1/s1. The van der Waals surface area contributed by atoms with Crippen molar-refractivity contribution in [3.8, 4) is 0 Å². The molecule has 2 aliphatic rings. The van der Waals surface area contributed by atoms with E-state index < -0.39 is 0 Å². The Hall–Kier alpha value is -2.78. The first-order chi connectivity index (χ1) is 14.4. The average molecular weight is 409 g/mol. The number of carbonyl (C=O) groups excluding carboxylic acids is 1. The number of nitrogens with zero attached hydrogens (tertiary/aromatic N) is 7. The number of carbonyl (C=O) groups is 1. The molecule has 1 saturated heterocycles. The normalized spacial score (nSPS) is 22.2. The van der Waals surface area contributed by atoms with Crippen LogP contribution in [0.2, 0.25) is 0 Å². The summed E-state index contributed by atoms with van der Waals surface area (Å²) < 4.78 is 3.87. The monoisotopic (exact) mass is 409 g/mol. The number of β-amino-alcohol motifs (C(OH)–C–C–N with tert-alkyl or cyclic N) is 1. The van der Waals surface area contributed by atoms with Crippen LogP contribution in [0.15, 0.2) is 24.3 Å². The number of fused-ring (bicyclic) bond motifs is 2. The van der Waals surface area contributed by atoms with Crippen LogP contribution in [0, 0.1) is 0 Å². The molecule has 1 fully saturated rings. The SMILES string of the molecule is CC(C)N1C[C@H](O)C[C@H]1c1nnc2n1CCN(C(=O)c1nn(C)c3ccccc13)C2. The number of hydrogen-bond donors (Lipinski definition) is 1. The zero-order valence-corrected chi connectivity index (χ0v) is 17.6. The van der Waals surface area contributed by atoms with Gasteiger partial charge in [-0.1, -0.05) is 18.2 Å². The molecule has 2 atom stereocenters. The molecule has 5 rings (SSSR count). The average Bonchev–Trinajstić information content (AvgIpc) is 3.42. The molecule has 1 N–H and O–H groups in total. The number of aromatic nitrogens is 5. The summed E-state index contributed by atoms with van der Waals surface area (Å²) in [6, 6.07) is 8.16. The Kier molecular flexibility index (Phi) is 4.59. The van der Waals surface area contributed by atoms with Crippen LogP contribution in [0.1, 0.15) is 48.4 Å². The first kappa shape index (κ1) is 19.2. The minimum atomic E-state index is -0.343. The highest BCUT2D eigenvalue weighted by molar-refractivity contribution is 6.04. The van der Waals surface area contributed by atoms with Crippen molar-refractivity contribution in [2.24, 2.45) is 7.05 Å². The third-order valence-corrected chi connectivity index (χ3v) is 6.31. The molecule has 1 amide bonds. The van der Waals surface area contributed by atoms with E-state index in [1.807, 2.05) is 31.3 Å². The Balaban J connectivity index is 1.41. The Morgan fingerprint density at radius 1 is 1.20 bits per heavy atom. The van der Waals surface area contributed by atoms with Crippen LogP contribution in [0.5, 0.6) is 0 Å². The van der Waals surface area contributed by atoms with Gasteiger partial charge in [0.05, 0.1) is 24.2 Å². The summed E-state index contributed by atoms with van der Waals surface area (Å²) in [5, 5.41) is 24.4. The van der Waals surface area contributed by atoms with Crippen molar-refractivity contribution in [2.45, 2.75) is 51.5 Å². The fourth-order valence-electron chi connectivity index (χ4n) is 4.78. The van der Waals surface area contributed by atoms with Crippen LogP contribution in [0.25, 0.3) is 10.9 Å². The van der Waals surface area contributed by atoms with Crippen LogP contribution >= 0.6 is 0 Å². The summed E-state index contributed by atoms with van der Waals surface area (Å²) in [5.74, 6) is 1.60. The molecule has 158 valence electrons. The Morgan fingerprint density at radius 2 is 2.00 bits per heavy atom. The highest BCUT2D eigenvalue weighted by Gasteiger charge is 2.38. The van der Waals surface area contributed by atoms with Gasteiger partial charge in [0.15, 0.2) is 17.3 Å². The van der Waals surface area contributed by atoms with E-state index >= 15 is 0 Å². The lowest BCUT2D eigenvalue weighted by Gasteiger charge is -2.31.